The lowest BCUT2D eigenvalue weighted by molar-refractivity contribution is 0.373. The number of nitrogens with zero attached hydrogens (tertiary/aromatic N) is 1. The molecule has 3 unspecified atom stereocenters. The van der Waals surface area contributed by atoms with Crippen LogP contribution in [0.2, 0.25) is 0 Å². The van der Waals surface area contributed by atoms with Gasteiger partial charge in [0, 0.05) is 29.7 Å². The van der Waals surface area contributed by atoms with Crippen molar-refractivity contribution in [2.45, 2.75) is 76.3 Å². The first kappa shape index (κ1) is 19.6. The summed E-state index contributed by atoms with van der Waals surface area (Å²) in [7, 11) is 1.00. The maximum atomic E-state index is 14.3. The Labute approximate surface area is 150 Å². The van der Waals surface area contributed by atoms with Crippen LogP contribution in [0.3, 0.4) is 0 Å². The first-order chi connectivity index (χ1) is 11.6. The van der Waals surface area contributed by atoms with Crippen molar-refractivity contribution >= 4 is 17.4 Å². The highest BCUT2D eigenvalue weighted by Gasteiger charge is 2.37. The van der Waals surface area contributed by atoms with E-state index in [1.165, 1.54) is 43.4 Å². The van der Waals surface area contributed by atoms with E-state index in [9.17, 15) is 4.39 Å². The lowest BCUT2D eigenvalue weighted by atomic mass is 9.93. The number of rotatable bonds is 3. The quantitative estimate of drug-likeness (QED) is 0.758. The molecule has 1 aliphatic carbocycles. The molecule has 0 radical (unpaired) electrons. The van der Waals surface area contributed by atoms with Crippen LogP contribution in [0.4, 0.5) is 10.1 Å². The molecule has 1 aromatic rings. The van der Waals surface area contributed by atoms with E-state index in [0.717, 1.165) is 23.8 Å². The molecule has 1 saturated heterocycles. The predicted molar refractivity (Wildman–Crippen MR) is 104 cm³/mol. The SMILES string of the molecule is CC(C)c1cccc(C(C)F)c1N1CSC2CCCCCC21.CO. The Bertz CT molecular complexity index is 494. The number of halogens is 1. The summed E-state index contributed by atoms with van der Waals surface area (Å²) in [5.41, 5.74) is 3.40. The van der Waals surface area contributed by atoms with Gasteiger partial charge in [0.05, 0.1) is 5.88 Å². The second-order valence-corrected chi connectivity index (χ2v) is 8.26. The molecule has 2 fully saturated rings. The summed E-state index contributed by atoms with van der Waals surface area (Å²) in [5, 5.41) is 7.74. The minimum absolute atomic E-state index is 0.434. The molecule has 1 heterocycles. The molecule has 0 amide bonds. The van der Waals surface area contributed by atoms with Crippen LogP contribution in [-0.2, 0) is 0 Å². The van der Waals surface area contributed by atoms with Crippen LogP contribution >= 0.6 is 11.8 Å². The van der Waals surface area contributed by atoms with Gasteiger partial charge in [-0.2, -0.15) is 0 Å². The number of alkyl halides is 1. The van der Waals surface area contributed by atoms with E-state index in [1.54, 1.807) is 6.92 Å². The molecule has 4 heteroatoms. The average Bonchev–Trinajstić information content (AvgIpc) is 2.83. The first-order valence-electron chi connectivity index (χ1n) is 9.19. The zero-order valence-corrected chi connectivity index (χ0v) is 16.3. The number of hydrogen-bond acceptors (Lipinski definition) is 3. The van der Waals surface area contributed by atoms with Crippen LogP contribution in [0.25, 0.3) is 0 Å². The molecule has 3 atom stereocenters. The minimum atomic E-state index is -0.900. The molecular weight excluding hydrogens is 321 g/mol. The molecule has 2 aliphatic rings. The smallest absolute Gasteiger partial charge is 0.124 e. The fourth-order valence-corrected chi connectivity index (χ4v) is 5.52. The summed E-state index contributed by atoms with van der Waals surface area (Å²) in [6, 6.07) is 6.81. The monoisotopic (exact) mass is 353 g/mol. The topological polar surface area (TPSA) is 23.5 Å². The molecular formula is C20H32FNOS. The van der Waals surface area contributed by atoms with E-state index in [4.69, 9.17) is 5.11 Å². The highest BCUT2D eigenvalue weighted by Crippen LogP contribution is 2.45. The van der Waals surface area contributed by atoms with Crippen molar-refractivity contribution in [1.82, 2.24) is 0 Å². The number of para-hydroxylation sites is 1. The number of benzene rings is 1. The first-order valence-corrected chi connectivity index (χ1v) is 10.2. The van der Waals surface area contributed by atoms with Crippen LogP contribution < -0.4 is 4.90 Å². The predicted octanol–water partition coefficient (Wildman–Crippen LogP) is 5.66. The van der Waals surface area contributed by atoms with Crippen LogP contribution in [0.1, 0.15) is 76.1 Å². The fraction of sp³-hybridized carbons (Fsp3) is 0.700. The summed E-state index contributed by atoms with van der Waals surface area (Å²) in [5.74, 6) is 1.46. The van der Waals surface area contributed by atoms with Crippen molar-refractivity contribution in [3.8, 4) is 0 Å². The summed E-state index contributed by atoms with van der Waals surface area (Å²) >= 11 is 2.09. The maximum Gasteiger partial charge on any atom is 0.124 e. The van der Waals surface area contributed by atoms with E-state index >= 15 is 0 Å². The number of anilines is 1. The van der Waals surface area contributed by atoms with Gasteiger partial charge in [0.15, 0.2) is 0 Å². The lowest BCUT2D eigenvalue weighted by Crippen LogP contribution is -2.35. The molecule has 1 aromatic carbocycles. The Hall–Kier alpha value is -0.740. The molecule has 1 saturated carbocycles. The molecule has 24 heavy (non-hydrogen) atoms. The molecule has 0 bridgehead atoms. The zero-order valence-electron chi connectivity index (χ0n) is 15.5. The highest BCUT2D eigenvalue weighted by atomic mass is 32.2. The number of thioether (sulfide) groups is 1. The van der Waals surface area contributed by atoms with Gasteiger partial charge in [0.1, 0.15) is 6.17 Å². The third-order valence-corrected chi connectivity index (χ3v) is 6.59. The summed E-state index contributed by atoms with van der Waals surface area (Å²) in [4.78, 5) is 2.54. The summed E-state index contributed by atoms with van der Waals surface area (Å²) in [6.45, 7) is 6.12. The van der Waals surface area contributed by atoms with Crippen LogP contribution in [0.15, 0.2) is 18.2 Å². The standard InChI is InChI=1S/C19H28FNS.CH4O/c1-13(2)15-8-7-9-16(14(3)20)19(15)21-12-22-18-11-6-4-5-10-17(18)21;1-2/h7-9,13-14,17-18H,4-6,10-12H2,1-3H3;2H,1H3. The third kappa shape index (κ3) is 4.08. The third-order valence-electron chi connectivity index (χ3n) is 5.18. The van der Waals surface area contributed by atoms with Crippen molar-refractivity contribution in [3.05, 3.63) is 29.3 Å². The van der Waals surface area contributed by atoms with Gasteiger partial charge in [0.25, 0.3) is 0 Å². The number of aliphatic hydroxyl groups excluding tert-OH is 1. The normalized spacial score (nSPS) is 24.9. The van der Waals surface area contributed by atoms with Crippen molar-refractivity contribution in [2.75, 3.05) is 17.9 Å². The molecule has 0 spiro atoms. The van der Waals surface area contributed by atoms with Gasteiger partial charge in [-0.25, -0.2) is 4.39 Å². The molecule has 1 aliphatic heterocycles. The molecule has 2 nitrogen and oxygen atoms in total. The van der Waals surface area contributed by atoms with Gasteiger partial charge in [-0.15, -0.1) is 11.8 Å². The largest absolute Gasteiger partial charge is 0.400 e. The van der Waals surface area contributed by atoms with Gasteiger partial charge in [0.2, 0.25) is 0 Å². The number of aliphatic hydroxyl groups is 1. The van der Waals surface area contributed by atoms with Gasteiger partial charge in [-0.3, -0.25) is 0 Å². The summed E-state index contributed by atoms with van der Waals surface area (Å²) in [6.07, 6.45) is 5.74. The van der Waals surface area contributed by atoms with Crippen LogP contribution in [0.5, 0.6) is 0 Å². The average molecular weight is 354 g/mol. The van der Waals surface area contributed by atoms with Crippen molar-refractivity contribution in [2.24, 2.45) is 0 Å². The van der Waals surface area contributed by atoms with Gasteiger partial charge in [-0.05, 0) is 31.2 Å². The zero-order chi connectivity index (χ0) is 17.7. The Kier molecular flexibility index (Phi) is 7.42. The van der Waals surface area contributed by atoms with Crippen LogP contribution in [0, 0.1) is 0 Å². The van der Waals surface area contributed by atoms with Gasteiger partial charge >= 0.3 is 0 Å². The molecule has 3 rings (SSSR count). The fourth-order valence-electron chi connectivity index (χ4n) is 4.01. The Morgan fingerprint density at radius 3 is 2.42 bits per heavy atom. The van der Waals surface area contributed by atoms with Gasteiger partial charge < -0.3 is 10.0 Å². The van der Waals surface area contributed by atoms with E-state index in [1.807, 2.05) is 12.1 Å². The molecule has 136 valence electrons. The van der Waals surface area contributed by atoms with Gasteiger partial charge in [-0.1, -0.05) is 51.3 Å². The van der Waals surface area contributed by atoms with Crippen molar-refractivity contribution < 1.29 is 9.50 Å². The van der Waals surface area contributed by atoms with Crippen molar-refractivity contribution in [1.29, 1.82) is 0 Å². The number of hydrogen-bond donors (Lipinski definition) is 1. The Balaban J connectivity index is 0.00000100. The molecule has 1 N–H and O–H groups in total. The lowest BCUT2D eigenvalue weighted by Gasteiger charge is -2.33. The van der Waals surface area contributed by atoms with E-state index in [-0.39, 0.29) is 0 Å². The molecule has 0 aromatic heterocycles. The van der Waals surface area contributed by atoms with E-state index in [2.05, 4.69) is 36.6 Å². The second-order valence-electron chi connectivity index (χ2n) is 7.07. The van der Waals surface area contributed by atoms with Crippen molar-refractivity contribution in [3.63, 3.8) is 0 Å². The maximum absolute atomic E-state index is 14.3. The Morgan fingerprint density at radius 1 is 1.08 bits per heavy atom. The Morgan fingerprint density at radius 2 is 1.75 bits per heavy atom. The van der Waals surface area contributed by atoms with Crippen LogP contribution in [-0.4, -0.2) is 29.4 Å². The number of fused-ring (bicyclic) bond motifs is 1. The minimum Gasteiger partial charge on any atom is -0.400 e. The highest BCUT2D eigenvalue weighted by molar-refractivity contribution is 8.00. The second kappa shape index (κ2) is 9.10. The van der Waals surface area contributed by atoms with E-state index in [0.29, 0.717) is 12.0 Å². The summed E-state index contributed by atoms with van der Waals surface area (Å²) < 4.78 is 14.3. The van der Waals surface area contributed by atoms with E-state index < -0.39 is 6.17 Å².